The minimum atomic E-state index is 0. The Morgan fingerprint density at radius 2 is 1.52 bits per heavy atom. The molecule has 7 heteroatoms. The van der Waals surface area contributed by atoms with Crippen molar-refractivity contribution in [2.24, 2.45) is 0 Å². The van der Waals surface area contributed by atoms with Crippen molar-refractivity contribution < 1.29 is 14.2 Å². The third-order valence-electron chi connectivity index (χ3n) is 4.05. The summed E-state index contributed by atoms with van der Waals surface area (Å²) in [5.41, 5.74) is 1.22. The molecule has 0 saturated carbocycles. The van der Waals surface area contributed by atoms with E-state index in [-0.39, 0.29) is 24.8 Å². The number of piperazine rings is 1. The first-order valence-corrected chi connectivity index (χ1v) is 7.49. The summed E-state index contributed by atoms with van der Waals surface area (Å²) in [6.45, 7) is 6.43. The van der Waals surface area contributed by atoms with Crippen LogP contribution in [0.1, 0.15) is 24.9 Å². The smallest absolute Gasteiger partial charge is 0.203 e. The van der Waals surface area contributed by atoms with Crippen molar-refractivity contribution in [1.29, 1.82) is 0 Å². The number of ether oxygens (including phenoxy) is 3. The summed E-state index contributed by atoms with van der Waals surface area (Å²) in [6.07, 6.45) is 1.05. The molecule has 0 aromatic heterocycles. The molecule has 1 aliphatic heterocycles. The lowest BCUT2D eigenvalue weighted by atomic mass is 10.0. The van der Waals surface area contributed by atoms with E-state index in [0.29, 0.717) is 11.8 Å². The second kappa shape index (κ2) is 10.8. The molecule has 2 rings (SSSR count). The molecule has 0 bridgehead atoms. The first kappa shape index (κ1) is 22.1. The number of nitrogens with zero attached hydrogens (tertiary/aromatic N) is 1. The van der Waals surface area contributed by atoms with Crippen LogP contribution in [0.15, 0.2) is 12.1 Å². The van der Waals surface area contributed by atoms with Gasteiger partial charge in [0.2, 0.25) is 5.75 Å². The van der Waals surface area contributed by atoms with Gasteiger partial charge < -0.3 is 19.5 Å². The molecule has 1 heterocycles. The van der Waals surface area contributed by atoms with E-state index in [1.807, 2.05) is 0 Å². The minimum Gasteiger partial charge on any atom is -0.493 e. The Hall–Kier alpha value is -0.880. The lowest BCUT2D eigenvalue weighted by Crippen LogP contribution is -2.45. The van der Waals surface area contributed by atoms with Crippen LogP contribution in [0.3, 0.4) is 0 Å². The number of rotatable bonds is 6. The second-order valence-electron chi connectivity index (χ2n) is 5.17. The predicted octanol–water partition coefficient (Wildman–Crippen LogP) is 2.91. The zero-order valence-corrected chi connectivity index (χ0v) is 15.9. The molecular weight excluding hydrogens is 339 g/mol. The molecular formula is C16H28Cl2N2O3. The molecule has 0 aliphatic carbocycles. The highest BCUT2D eigenvalue weighted by molar-refractivity contribution is 5.85. The molecule has 1 N–H and O–H groups in total. The summed E-state index contributed by atoms with van der Waals surface area (Å²) < 4.78 is 16.3. The molecule has 134 valence electrons. The van der Waals surface area contributed by atoms with Gasteiger partial charge in [-0.25, -0.2) is 0 Å². The molecule has 5 nitrogen and oxygen atoms in total. The van der Waals surface area contributed by atoms with Gasteiger partial charge in [-0.2, -0.15) is 0 Å². The maximum Gasteiger partial charge on any atom is 0.203 e. The Kier molecular flexibility index (Phi) is 10.4. The van der Waals surface area contributed by atoms with Crippen LogP contribution in [0.25, 0.3) is 0 Å². The largest absolute Gasteiger partial charge is 0.493 e. The highest BCUT2D eigenvalue weighted by Gasteiger charge is 2.23. The fourth-order valence-corrected chi connectivity index (χ4v) is 2.99. The molecule has 1 atom stereocenters. The van der Waals surface area contributed by atoms with E-state index in [1.165, 1.54) is 5.56 Å². The summed E-state index contributed by atoms with van der Waals surface area (Å²) >= 11 is 0. The maximum atomic E-state index is 5.47. The number of methoxy groups -OCH3 is 3. The molecule has 0 spiro atoms. The van der Waals surface area contributed by atoms with Crippen LogP contribution in [-0.2, 0) is 0 Å². The third-order valence-corrected chi connectivity index (χ3v) is 4.05. The van der Waals surface area contributed by atoms with Crippen LogP contribution in [0.4, 0.5) is 0 Å². The number of nitrogens with one attached hydrogen (secondary N) is 1. The fraction of sp³-hybridized carbons (Fsp3) is 0.625. The van der Waals surface area contributed by atoms with E-state index in [1.54, 1.807) is 21.3 Å². The van der Waals surface area contributed by atoms with Gasteiger partial charge in [-0.05, 0) is 24.1 Å². The zero-order chi connectivity index (χ0) is 15.2. The third kappa shape index (κ3) is 5.05. The van der Waals surface area contributed by atoms with Gasteiger partial charge in [0.25, 0.3) is 0 Å². The first-order chi connectivity index (χ1) is 10.2. The quantitative estimate of drug-likeness (QED) is 0.838. The fourth-order valence-electron chi connectivity index (χ4n) is 2.99. The van der Waals surface area contributed by atoms with E-state index in [9.17, 15) is 0 Å². The highest BCUT2D eigenvalue weighted by Crippen LogP contribution is 2.41. The number of hydrogen-bond donors (Lipinski definition) is 1. The van der Waals surface area contributed by atoms with Crippen molar-refractivity contribution in [3.63, 3.8) is 0 Å². The number of halogens is 2. The van der Waals surface area contributed by atoms with Gasteiger partial charge in [0.15, 0.2) is 11.5 Å². The Morgan fingerprint density at radius 3 is 1.91 bits per heavy atom. The van der Waals surface area contributed by atoms with Crippen LogP contribution in [0.5, 0.6) is 17.2 Å². The average molecular weight is 367 g/mol. The van der Waals surface area contributed by atoms with Crippen LogP contribution in [-0.4, -0.2) is 52.4 Å². The van der Waals surface area contributed by atoms with E-state index in [0.717, 1.165) is 44.1 Å². The van der Waals surface area contributed by atoms with Gasteiger partial charge in [-0.3, -0.25) is 4.90 Å². The molecule has 1 aliphatic rings. The SMILES string of the molecule is CC[C@@H](c1cc(OC)c(OC)c(OC)c1)N1CCNCC1.Cl.Cl. The van der Waals surface area contributed by atoms with Crippen molar-refractivity contribution in [3.8, 4) is 17.2 Å². The predicted molar refractivity (Wildman–Crippen MR) is 98.1 cm³/mol. The Labute approximate surface area is 151 Å². The van der Waals surface area contributed by atoms with Crippen molar-refractivity contribution >= 4 is 24.8 Å². The first-order valence-electron chi connectivity index (χ1n) is 7.49. The van der Waals surface area contributed by atoms with Gasteiger partial charge in [0.1, 0.15) is 0 Å². The van der Waals surface area contributed by atoms with Gasteiger partial charge in [-0.1, -0.05) is 6.92 Å². The highest BCUT2D eigenvalue weighted by atomic mass is 35.5. The molecule has 1 saturated heterocycles. The summed E-state index contributed by atoms with van der Waals surface area (Å²) in [7, 11) is 4.95. The van der Waals surface area contributed by atoms with E-state index >= 15 is 0 Å². The molecule has 1 fully saturated rings. The van der Waals surface area contributed by atoms with Gasteiger partial charge in [0.05, 0.1) is 21.3 Å². The van der Waals surface area contributed by atoms with E-state index in [2.05, 4.69) is 29.3 Å². The molecule has 0 amide bonds. The van der Waals surface area contributed by atoms with Gasteiger partial charge in [-0.15, -0.1) is 24.8 Å². The lowest BCUT2D eigenvalue weighted by molar-refractivity contribution is 0.168. The Balaban J connectivity index is 0.00000242. The maximum absolute atomic E-state index is 5.47. The Morgan fingerprint density at radius 1 is 1.00 bits per heavy atom. The molecule has 23 heavy (non-hydrogen) atoms. The molecule has 1 aromatic carbocycles. The number of hydrogen-bond acceptors (Lipinski definition) is 5. The van der Waals surface area contributed by atoms with Gasteiger partial charge in [0, 0.05) is 32.2 Å². The standard InChI is InChI=1S/C16H26N2O3.2ClH/c1-5-13(18-8-6-17-7-9-18)12-10-14(19-2)16(21-4)15(11-12)20-3;;/h10-11,13,17H,5-9H2,1-4H3;2*1H/t13-;;/m0../s1. The van der Waals surface area contributed by atoms with E-state index < -0.39 is 0 Å². The summed E-state index contributed by atoms with van der Waals surface area (Å²) in [6, 6.07) is 4.51. The number of benzene rings is 1. The van der Waals surface area contributed by atoms with Crippen molar-refractivity contribution in [1.82, 2.24) is 10.2 Å². The van der Waals surface area contributed by atoms with Crippen molar-refractivity contribution in [3.05, 3.63) is 17.7 Å². The normalized spacial score (nSPS) is 15.8. The molecule has 0 unspecified atom stereocenters. The van der Waals surface area contributed by atoms with Gasteiger partial charge >= 0.3 is 0 Å². The summed E-state index contributed by atoms with van der Waals surface area (Å²) in [4.78, 5) is 2.51. The second-order valence-corrected chi connectivity index (χ2v) is 5.17. The van der Waals surface area contributed by atoms with Crippen LogP contribution >= 0.6 is 24.8 Å². The summed E-state index contributed by atoms with van der Waals surface area (Å²) in [5, 5.41) is 3.40. The minimum absolute atomic E-state index is 0. The topological polar surface area (TPSA) is 43.0 Å². The zero-order valence-electron chi connectivity index (χ0n) is 14.3. The Bertz CT molecular complexity index is 444. The molecule has 1 aromatic rings. The van der Waals surface area contributed by atoms with Crippen LogP contribution < -0.4 is 19.5 Å². The average Bonchev–Trinajstić information content (AvgIpc) is 2.55. The van der Waals surface area contributed by atoms with E-state index in [4.69, 9.17) is 14.2 Å². The molecule has 0 radical (unpaired) electrons. The lowest BCUT2D eigenvalue weighted by Gasteiger charge is -2.35. The monoisotopic (exact) mass is 366 g/mol. The van der Waals surface area contributed by atoms with Crippen molar-refractivity contribution in [2.45, 2.75) is 19.4 Å². The van der Waals surface area contributed by atoms with Crippen LogP contribution in [0.2, 0.25) is 0 Å². The summed E-state index contributed by atoms with van der Waals surface area (Å²) in [5.74, 6) is 2.10. The van der Waals surface area contributed by atoms with Crippen molar-refractivity contribution in [2.75, 3.05) is 47.5 Å². The van der Waals surface area contributed by atoms with Crippen LogP contribution in [0, 0.1) is 0 Å².